The molecule has 0 aliphatic carbocycles. The lowest BCUT2D eigenvalue weighted by atomic mass is 10.1. The number of carbonyl (C=O) groups is 1. The van der Waals surface area contributed by atoms with E-state index in [1.807, 2.05) is 12.1 Å². The van der Waals surface area contributed by atoms with Crippen LogP contribution >= 0.6 is 22.6 Å². The molecule has 0 saturated carbocycles. The van der Waals surface area contributed by atoms with E-state index < -0.39 is 0 Å². The van der Waals surface area contributed by atoms with Gasteiger partial charge in [-0.25, -0.2) is 4.79 Å². The summed E-state index contributed by atoms with van der Waals surface area (Å²) in [5.74, 6) is -0.315. The Morgan fingerprint density at radius 1 is 1.65 bits per heavy atom. The zero-order chi connectivity index (χ0) is 12.3. The molecule has 1 heterocycles. The first-order valence-corrected chi connectivity index (χ1v) is 6.52. The number of nitrogens with one attached hydrogen (secondary N) is 1. The molecule has 1 atom stereocenters. The molecule has 5 heteroatoms. The molecule has 0 aromatic heterocycles. The predicted molar refractivity (Wildman–Crippen MR) is 73.3 cm³/mol. The zero-order valence-electron chi connectivity index (χ0n) is 9.53. The molecule has 0 spiro atoms. The Balaban J connectivity index is 2.05. The molecule has 17 heavy (non-hydrogen) atoms. The molecule has 1 aromatic carbocycles. The molecule has 1 aromatic rings. The highest BCUT2D eigenvalue weighted by Crippen LogP contribution is 2.21. The van der Waals surface area contributed by atoms with E-state index in [-0.39, 0.29) is 5.97 Å². The second-order valence-electron chi connectivity index (χ2n) is 3.85. The summed E-state index contributed by atoms with van der Waals surface area (Å²) in [5, 5.41) is 3.29. The van der Waals surface area contributed by atoms with Crippen molar-refractivity contribution in [2.24, 2.45) is 0 Å². The fourth-order valence-electron chi connectivity index (χ4n) is 1.57. The lowest BCUT2D eigenvalue weighted by molar-refractivity contribution is -0.0410. The van der Waals surface area contributed by atoms with E-state index in [0.717, 1.165) is 28.8 Å². The number of hydrogen-bond donors (Lipinski definition) is 1. The fraction of sp³-hybridized carbons (Fsp3) is 0.417. The largest absolute Gasteiger partial charge is 0.465 e. The van der Waals surface area contributed by atoms with Gasteiger partial charge in [0.1, 0.15) is 0 Å². The molecule has 0 unspecified atom stereocenters. The number of esters is 1. The van der Waals surface area contributed by atoms with Gasteiger partial charge in [0.05, 0.1) is 18.8 Å². The SMILES string of the molecule is COC(=O)c1ccc(I)c(NC[C@@H]2CCO2)c1. The molecule has 1 N–H and O–H groups in total. The van der Waals surface area contributed by atoms with Gasteiger partial charge in [-0.1, -0.05) is 0 Å². The molecule has 0 amide bonds. The molecule has 1 aliphatic heterocycles. The van der Waals surface area contributed by atoms with Gasteiger partial charge in [0, 0.05) is 22.4 Å². The Bertz CT molecular complexity index is 418. The van der Waals surface area contributed by atoms with Crippen molar-refractivity contribution in [1.29, 1.82) is 0 Å². The van der Waals surface area contributed by atoms with Gasteiger partial charge < -0.3 is 14.8 Å². The average Bonchev–Trinajstić information content (AvgIpc) is 2.28. The van der Waals surface area contributed by atoms with Gasteiger partial charge in [-0.3, -0.25) is 0 Å². The summed E-state index contributed by atoms with van der Waals surface area (Å²) in [7, 11) is 1.38. The highest BCUT2D eigenvalue weighted by Gasteiger charge is 2.18. The maximum atomic E-state index is 11.4. The summed E-state index contributed by atoms with van der Waals surface area (Å²) < 4.78 is 11.1. The van der Waals surface area contributed by atoms with E-state index >= 15 is 0 Å². The Hall–Kier alpha value is -0.820. The molecule has 1 saturated heterocycles. The van der Waals surface area contributed by atoms with Gasteiger partial charge in [-0.05, 0) is 47.2 Å². The number of methoxy groups -OCH3 is 1. The minimum Gasteiger partial charge on any atom is -0.465 e. The maximum Gasteiger partial charge on any atom is 0.337 e. The lowest BCUT2D eigenvalue weighted by Crippen LogP contribution is -2.33. The molecule has 4 nitrogen and oxygen atoms in total. The van der Waals surface area contributed by atoms with Crippen molar-refractivity contribution in [3.05, 3.63) is 27.3 Å². The van der Waals surface area contributed by atoms with Crippen LogP contribution in [0, 0.1) is 3.57 Å². The summed E-state index contributed by atoms with van der Waals surface area (Å²) in [6.45, 7) is 1.63. The normalized spacial score (nSPS) is 18.4. The Labute approximate surface area is 114 Å². The van der Waals surface area contributed by atoms with E-state index in [2.05, 4.69) is 27.9 Å². The molecule has 1 aliphatic rings. The molecular weight excluding hydrogens is 333 g/mol. The molecule has 0 radical (unpaired) electrons. The van der Waals surface area contributed by atoms with Crippen molar-refractivity contribution in [2.45, 2.75) is 12.5 Å². The van der Waals surface area contributed by atoms with Crippen LogP contribution in [0.3, 0.4) is 0 Å². The first kappa shape index (κ1) is 12.6. The number of rotatable bonds is 4. The number of ether oxygens (including phenoxy) is 2. The Morgan fingerprint density at radius 3 is 3.00 bits per heavy atom. The quantitative estimate of drug-likeness (QED) is 0.671. The van der Waals surface area contributed by atoms with Crippen molar-refractivity contribution in [1.82, 2.24) is 0 Å². The predicted octanol–water partition coefficient (Wildman–Crippen LogP) is 2.28. The van der Waals surface area contributed by atoms with Crippen LogP contribution in [0.1, 0.15) is 16.8 Å². The first-order valence-electron chi connectivity index (χ1n) is 5.44. The average molecular weight is 347 g/mol. The van der Waals surface area contributed by atoms with Crippen molar-refractivity contribution in [2.75, 3.05) is 25.6 Å². The van der Waals surface area contributed by atoms with Crippen LogP contribution in [0.2, 0.25) is 0 Å². The lowest BCUT2D eigenvalue weighted by Gasteiger charge is -2.27. The van der Waals surface area contributed by atoms with Gasteiger partial charge in [-0.2, -0.15) is 0 Å². The molecule has 0 bridgehead atoms. The third kappa shape index (κ3) is 3.10. The topological polar surface area (TPSA) is 47.6 Å². The van der Waals surface area contributed by atoms with Gasteiger partial charge in [0.25, 0.3) is 0 Å². The van der Waals surface area contributed by atoms with Crippen molar-refractivity contribution in [3.8, 4) is 0 Å². The molecule has 92 valence electrons. The molecular formula is C12H14INO3. The van der Waals surface area contributed by atoms with Crippen LogP contribution < -0.4 is 5.32 Å². The summed E-state index contributed by atoms with van der Waals surface area (Å²) in [4.78, 5) is 11.4. The third-order valence-electron chi connectivity index (χ3n) is 2.70. The number of anilines is 1. The van der Waals surface area contributed by atoms with Crippen LogP contribution in [0.5, 0.6) is 0 Å². The summed E-state index contributed by atoms with van der Waals surface area (Å²) in [5.41, 5.74) is 1.51. The fourth-order valence-corrected chi connectivity index (χ4v) is 2.10. The smallest absolute Gasteiger partial charge is 0.337 e. The Morgan fingerprint density at radius 2 is 2.41 bits per heavy atom. The minimum atomic E-state index is -0.315. The highest BCUT2D eigenvalue weighted by molar-refractivity contribution is 14.1. The summed E-state index contributed by atoms with van der Waals surface area (Å²) >= 11 is 2.23. The second kappa shape index (κ2) is 5.68. The number of carbonyl (C=O) groups excluding carboxylic acids is 1. The second-order valence-corrected chi connectivity index (χ2v) is 5.01. The Kier molecular flexibility index (Phi) is 4.22. The third-order valence-corrected chi connectivity index (χ3v) is 3.64. The van der Waals surface area contributed by atoms with E-state index in [1.54, 1.807) is 6.07 Å². The standard InChI is InChI=1S/C12H14INO3/c1-16-12(15)8-2-3-10(13)11(6-8)14-7-9-4-5-17-9/h2-3,6,9,14H,4-5,7H2,1H3/t9-/m0/s1. The van der Waals surface area contributed by atoms with Crippen molar-refractivity contribution < 1.29 is 14.3 Å². The van der Waals surface area contributed by atoms with E-state index in [9.17, 15) is 4.79 Å². The van der Waals surface area contributed by atoms with Gasteiger partial charge in [-0.15, -0.1) is 0 Å². The van der Waals surface area contributed by atoms with E-state index in [0.29, 0.717) is 11.7 Å². The summed E-state index contributed by atoms with van der Waals surface area (Å²) in [6, 6.07) is 5.47. The van der Waals surface area contributed by atoms with Crippen molar-refractivity contribution >= 4 is 34.2 Å². The van der Waals surface area contributed by atoms with Crippen LogP contribution in [0.4, 0.5) is 5.69 Å². The zero-order valence-corrected chi connectivity index (χ0v) is 11.7. The molecule has 2 rings (SSSR count). The molecule has 1 fully saturated rings. The van der Waals surface area contributed by atoms with Crippen LogP contribution in [-0.2, 0) is 9.47 Å². The number of benzene rings is 1. The van der Waals surface area contributed by atoms with Crippen LogP contribution in [-0.4, -0.2) is 32.3 Å². The van der Waals surface area contributed by atoms with Crippen LogP contribution in [0.15, 0.2) is 18.2 Å². The van der Waals surface area contributed by atoms with Crippen molar-refractivity contribution in [3.63, 3.8) is 0 Å². The van der Waals surface area contributed by atoms with Crippen LogP contribution in [0.25, 0.3) is 0 Å². The number of hydrogen-bond acceptors (Lipinski definition) is 4. The van der Waals surface area contributed by atoms with E-state index in [1.165, 1.54) is 7.11 Å². The van der Waals surface area contributed by atoms with Gasteiger partial charge in [0.2, 0.25) is 0 Å². The summed E-state index contributed by atoms with van der Waals surface area (Å²) in [6.07, 6.45) is 1.40. The number of halogens is 1. The van der Waals surface area contributed by atoms with E-state index in [4.69, 9.17) is 9.47 Å². The first-order chi connectivity index (χ1) is 8.20. The highest BCUT2D eigenvalue weighted by atomic mass is 127. The minimum absolute atomic E-state index is 0.299. The van der Waals surface area contributed by atoms with Gasteiger partial charge >= 0.3 is 5.97 Å². The monoisotopic (exact) mass is 347 g/mol. The maximum absolute atomic E-state index is 11.4. The van der Waals surface area contributed by atoms with Gasteiger partial charge in [0.15, 0.2) is 0 Å².